The van der Waals surface area contributed by atoms with Crippen molar-refractivity contribution in [2.24, 2.45) is 0 Å². The van der Waals surface area contributed by atoms with Crippen LogP contribution in [0.4, 0.5) is 10.1 Å². The third-order valence-corrected chi connectivity index (χ3v) is 3.76. The summed E-state index contributed by atoms with van der Waals surface area (Å²) in [4.78, 5) is 0. The first-order chi connectivity index (χ1) is 8.70. The van der Waals surface area contributed by atoms with Gasteiger partial charge >= 0.3 is 0 Å². The lowest BCUT2D eigenvalue weighted by Gasteiger charge is -2.19. The first kappa shape index (κ1) is 13.3. The van der Waals surface area contributed by atoms with Gasteiger partial charge in [0.25, 0.3) is 0 Å². The van der Waals surface area contributed by atoms with Gasteiger partial charge in [0.2, 0.25) is 0 Å². The minimum absolute atomic E-state index is 0.197. The van der Waals surface area contributed by atoms with Crippen LogP contribution in [0.15, 0.2) is 48.5 Å². The Balaban J connectivity index is 2.21. The van der Waals surface area contributed by atoms with Crippen LogP contribution in [0, 0.1) is 9.39 Å². The summed E-state index contributed by atoms with van der Waals surface area (Å²) in [5.74, 6) is -0.197. The van der Waals surface area contributed by atoms with Gasteiger partial charge in [-0.05, 0) is 52.8 Å². The topological polar surface area (TPSA) is 12.0 Å². The first-order valence-corrected chi connectivity index (χ1v) is 7.05. The molecule has 0 aromatic heterocycles. The van der Waals surface area contributed by atoms with Crippen LogP contribution in [0.2, 0.25) is 0 Å². The average Bonchev–Trinajstić information content (AvgIpc) is 2.39. The fraction of sp³-hybridized carbons (Fsp3) is 0.200. The number of rotatable bonds is 4. The molecule has 0 spiro atoms. The van der Waals surface area contributed by atoms with Gasteiger partial charge in [-0.15, -0.1) is 0 Å². The van der Waals surface area contributed by atoms with Crippen LogP contribution in [0.25, 0.3) is 0 Å². The molecule has 0 aliphatic carbocycles. The van der Waals surface area contributed by atoms with Gasteiger partial charge in [0.05, 0.1) is 6.04 Å². The fourth-order valence-corrected chi connectivity index (χ4v) is 2.53. The molecule has 2 aromatic carbocycles. The SMILES string of the molecule is CCC(Nc1ccc(F)cc1I)c1ccccc1. The molecule has 0 aliphatic rings. The molecule has 94 valence electrons. The molecule has 2 rings (SSSR count). The minimum atomic E-state index is -0.197. The molecule has 1 N–H and O–H groups in total. The molecular formula is C15H15FIN. The van der Waals surface area contributed by atoms with E-state index >= 15 is 0 Å². The Morgan fingerprint density at radius 3 is 2.50 bits per heavy atom. The van der Waals surface area contributed by atoms with Gasteiger partial charge in [0.1, 0.15) is 5.82 Å². The summed E-state index contributed by atoms with van der Waals surface area (Å²) >= 11 is 2.15. The molecule has 2 aromatic rings. The molecule has 0 aliphatic heterocycles. The quantitative estimate of drug-likeness (QED) is 0.762. The summed E-state index contributed by atoms with van der Waals surface area (Å²) < 4.78 is 14.0. The van der Waals surface area contributed by atoms with Crippen LogP contribution in [0.5, 0.6) is 0 Å². The molecule has 1 atom stereocenters. The van der Waals surface area contributed by atoms with Crippen LogP contribution >= 0.6 is 22.6 Å². The van der Waals surface area contributed by atoms with E-state index in [1.54, 1.807) is 12.1 Å². The monoisotopic (exact) mass is 355 g/mol. The smallest absolute Gasteiger partial charge is 0.124 e. The van der Waals surface area contributed by atoms with Gasteiger partial charge < -0.3 is 5.32 Å². The van der Waals surface area contributed by atoms with Crippen molar-refractivity contribution in [3.63, 3.8) is 0 Å². The lowest BCUT2D eigenvalue weighted by Crippen LogP contribution is -2.10. The molecule has 0 saturated heterocycles. The lowest BCUT2D eigenvalue weighted by molar-refractivity contribution is 0.626. The van der Waals surface area contributed by atoms with E-state index in [0.29, 0.717) is 0 Å². The van der Waals surface area contributed by atoms with Crippen molar-refractivity contribution in [2.75, 3.05) is 5.32 Å². The number of nitrogens with one attached hydrogen (secondary N) is 1. The summed E-state index contributed by atoms with van der Waals surface area (Å²) in [6, 6.07) is 15.4. The molecule has 1 nitrogen and oxygen atoms in total. The second kappa shape index (κ2) is 6.18. The van der Waals surface area contributed by atoms with Crippen molar-refractivity contribution < 1.29 is 4.39 Å². The van der Waals surface area contributed by atoms with Gasteiger partial charge in [-0.1, -0.05) is 37.3 Å². The third-order valence-electron chi connectivity index (χ3n) is 2.87. The van der Waals surface area contributed by atoms with Crippen LogP contribution in [0.3, 0.4) is 0 Å². The van der Waals surface area contributed by atoms with E-state index in [0.717, 1.165) is 15.7 Å². The van der Waals surface area contributed by atoms with E-state index in [9.17, 15) is 4.39 Å². The molecule has 0 saturated carbocycles. The van der Waals surface area contributed by atoms with E-state index in [2.05, 4.69) is 47.0 Å². The van der Waals surface area contributed by atoms with Crippen molar-refractivity contribution in [3.05, 3.63) is 63.5 Å². The Kier molecular flexibility index (Phi) is 4.58. The van der Waals surface area contributed by atoms with Crippen molar-refractivity contribution in [1.29, 1.82) is 0 Å². The maximum Gasteiger partial charge on any atom is 0.124 e. The Bertz CT molecular complexity index is 513. The fourth-order valence-electron chi connectivity index (χ4n) is 1.90. The highest BCUT2D eigenvalue weighted by Gasteiger charge is 2.10. The molecule has 0 bridgehead atoms. The number of benzene rings is 2. The molecule has 3 heteroatoms. The molecule has 18 heavy (non-hydrogen) atoms. The number of anilines is 1. The predicted molar refractivity (Wildman–Crippen MR) is 82.2 cm³/mol. The maximum absolute atomic E-state index is 13.1. The highest BCUT2D eigenvalue weighted by Crippen LogP contribution is 2.26. The van der Waals surface area contributed by atoms with Crippen LogP contribution in [-0.4, -0.2) is 0 Å². The Hall–Kier alpha value is -1.10. The molecule has 1 unspecified atom stereocenters. The molecule has 0 amide bonds. The largest absolute Gasteiger partial charge is 0.377 e. The molecule has 0 radical (unpaired) electrons. The van der Waals surface area contributed by atoms with Crippen molar-refractivity contribution in [3.8, 4) is 0 Å². The van der Waals surface area contributed by atoms with E-state index in [4.69, 9.17) is 0 Å². The second-order valence-corrected chi connectivity index (χ2v) is 5.30. The first-order valence-electron chi connectivity index (χ1n) is 5.97. The summed E-state index contributed by atoms with van der Waals surface area (Å²) in [6.07, 6.45) is 0.984. The van der Waals surface area contributed by atoms with E-state index in [1.807, 2.05) is 18.2 Å². The van der Waals surface area contributed by atoms with Crippen LogP contribution in [-0.2, 0) is 0 Å². The van der Waals surface area contributed by atoms with Crippen molar-refractivity contribution in [1.82, 2.24) is 0 Å². The number of hydrogen-bond acceptors (Lipinski definition) is 1. The summed E-state index contributed by atoms with van der Waals surface area (Å²) in [5.41, 5.74) is 2.23. The number of halogens is 2. The Morgan fingerprint density at radius 2 is 1.89 bits per heavy atom. The van der Waals surface area contributed by atoms with Crippen LogP contribution < -0.4 is 5.32 Å². The zero-order valence-corrected chi connectivity index (χ0v) is 12.3. The van der Waals surface area contributed by atoms with Crippen LogP contribution in [0.1, 0.15) is 24.9 Å². The van der Waals surface area contributed by atoms with E-state index < -0.39 is 0 Å². The molecule has 0 fully saturated rings. The predicted octanol–water partition coefficient (Wildman–Crippen LogP) is 4.99. The molecular weight excluding hydrogens is 340 g/mol. The zero-order chi connectivity index (χ0) is 13.0. The highest BCUT2D eigenvalue weighted by molar-refractivity contribution is 14.1. The van der Waals surface area contributed by atoms with Gasteiger partial charge in [-0.3, -0.25) is 0 Å². The van der Waals surface area contributed by atoms with Gasteiger partial charge in [-0.2, -0.15) is 0 Å². The zero-order valence-electron chi connectivity index (χ0n) is 10.2. The van der Waals surface area contributed by atoms with Gasteiger partial charge in [-0.25, -0.2) is 4.39 Å². The third kappa shape index (κ3) is 3.22. The summed E-state index contributed by atoms with van der Waals surface area (Å²) in [5, 5.41) is 3.47. The summed E-state index contributed by atoms with van der Waals surface area (Å²) in [6.45, 7) is 2.14. The second-order valence-electron chi connectivity index (χ2n) is 4.14. The minimum Gasteiger partial charge on any atom is -0.377 e. The average molecular weight is 355 g/mol. The normalized spacial score (nSPS) is 12.2. The lowest BCUT2D eigenvalue weighted by atomic mass is 10.0. The van der Waals surface area contributed by atoms with Gasteiger partial charge in [0.15, 0.2) is 0 Å². The molecule has 0 heterocycles. The highest BCUT2D eigenvalue weighted by atomic mass is 127. The maximum atomic E-state index is 13.1. The van der Waals surface area contributed by atoms with Crippen molar-refractivity contribution >= 4 is 28.3 Å². The van der Waals surface area contributed by atoms with Crippen molar-refractivity contribution in [2.45, 2.75) is 19.4 Å². The Morgan fingerprint density at radius 1 is 1.17 bits per heavy atom. The standard InChI is InChI=1S/C15H15FIN/c1-2-14(11-6-4-3-5-7-11)18-15-9-8-12(16)10-13(15)17/h3-10,14,18H,2H2,1H3. The summed E-state index contributed by atoms with van der Waals surface area (Å²) in [7, 11) is 0. The van der Waals surface area contributed by atoms with E-state index in [1.165, 1.54) is 11.6 Å². The van der Waals surface area contributed by atoms with Gasteiger partial charge in [0, 0.05) is 9.26 Å². The Labute approximate surface area is 121 Å². The van der Waals surface area contributed by atoms with E-state index in [-0.39, 0.29) is 11.9 Å². The number of hydrogen-bond donors (Lipinski definition) is 1.